The highest BCUT2D eigenvalue weighted by atomic mass is 15.1. The fourth-order valence-corrected chi connectivity index (χ4v) is 3.93. The molecule has 1 fully saturated rings. The van der Waals surface area contributed by atoms with E-state index in [9.17, 15) is 5.26 Å². The van der Waals surface area contributed by atoms with Gasteiger partial charge in [-0.2, -0.15) is 5.26 Å². The van der Waals surface area contributed by atoms with Crippen LogP contribution >= 0.6 is 0 Å². The summed E-state index contributed by atoms with van der Waals surface area (Å²) in [5, 5.41) is 10.1. The number of nitriles is 1. The molecular weight excluding hydrogens is 316 g/mol. The van der Waals surface area contributed by atoms with Crippen molar-refractivity contribution in [3.05, 3.63) is 71.3 Å². The average molecular weight is 347 g/mol. The number of hydrogen-bond acceptors (Lipinski definition) is 2. The lowest BCUT2D eigenvalue weighted by Crippen LogP contribution is -2.29. The van der Waals surface area contributed by atoms with E-state index in [0.29, 0.717) is 5.92 Å². The van der Waals surface area contributed by atoms with Gasteiger partial charge in [0, 0.05) is 6.54 Å². The average Bonchev–Trinajstić information content (AvgIpc) is 3.51. The highest BCUT2D eigenvalue weighted by molar-refractivity contribution is 5.37. The van der Waals surface area contributed by atoms with E-state index in [4.69, 9.17) is 0 Å². The van der Waals surface area contributed by atoms with E-state index in [0.717, 1.165) is 32.4 Å². The Balaban J connectivity index is 1.55. The maximum Gasteiger partial charge on any atom is 0.0850 e. The van der Waals surface area contributed by atoms with Crippen molar-refractivity contribution < 1.29 is 0 Å². The topological polar surface area (TPSA) is 27.0 Å². The maximum atomic E-state index is 10.1. The predicted octanol–water partition coefficient (Wildman–Crippen LogP) is 5.12. The monoisotopic (exact) mass is 346 g/mol. The van der Waals surface area contributed by atoms with E-state index in [1.165, 1.54) is 29.5 Å². The van der Waals surface area contributed by atoms with Crippen molar-refractivity contribution in [3.8, 4) is 6.07 Å². The molecule has 2 heteroatoms. The molecule has 0 N–H and O–H groups in total. The molecule has 0 aliphatic heterocycles. The minimum absolute atomic E-state index is 0.284. The lowest BCUT2D eigenvalue weighted by atomic mass is 9.73. The fourth-order valence-electron chi connectivity index (χ4n) is 3.93. The first kappa shape index (κ1) is 18.7. The van der Waals surface area contributed by atoms with Crippen LogP contribution in [0.15, 0.2) is 54.6 Å². The molecule has 0 amide bonds. The van der Waals surface area contributed by atoms with Gasteiger partial charge in [-0.3, -0.25) is 0 Å². The van der Waals surface area contributed by atoms with Gasteiger partial charge >= 0.3 is 0 Å². The summed E-state index contributed by atoms with van der Waals surface area (Å²) >= 11 is 0. The number of rotatable bonds is 9. The molecule has 136 valence electrons. The van der Waals surface area contributed by atoms with Gasteiger partial charge in [-0.1, -0.05) is 60.2 Å². The van der Waals surface area contributed by atoms with Crippen LogP contribution < -0.4 is 0 Å². The highest BCUT2D eigenvalue weighted by Crippen LogP contribution is 2.49. The van der Waals surface area contributed by atoms with Crippen LogP contribution in [0.4, 0.5) is 0 Å². The summed E-state index contributed by atoms with van der Waals surface area (Å²) < 4.78 is 0. The smallest absolute Gasteiger partial charge is 0.0850 e. The third-order valence-electron chi connectivity index (χ3n) is 5.78. The van der Waals surface area contributed by atoms with Crippen LogP contribution in [0.3, 0.4) is 0 Å². The Morgan fingerprint density at radius 1 is 1.04 bits per heavy atom. The van der Waals surface area contributed by atoms with Crippen LogP contribution in [-0.2, 0) is 11.8 Å². The fraction of sp³-hybridized carbons (Fsp3) is 0.458. The third kappa shape index (κ3) is 4.54. The van der Waals surface area contributed by atoms with E-state index in [1.807, 2.05) is 0 Å². The van der Waals surface area contributed by atoms with Crippen molar-refractivity contribution in [2.45, 2.75) is 44.4 Å². The predicted molar refractivity (Wildman–Crippen MR) is 108 cm³/mol. The zero-order valence-corrected chi connectivity index (χ0v) is 16.1. The number of nitrogens with zero attached hydrogens (tertiary/aromatic N) is 2. The van der Waals surface area contributed by atoms with Crippen LogP contribution in [0, 0.1) is 24.2 Å². The Morgan fingerprint density at radius 2 is 1.73 bits per heavy atom. The second kappa shape index (κ2) is 8.52. The van der Waals surface area contributed by atoms with Gasteiger partial charge in [-0.15, -0.1) is 0 Å². The molecule has 0 spiro atoms. The molecule has 2 aromatic rings. The van der Waals surface area contributed by atoms with Gasteiger partial charge in [-0.25, -0.2) is 0 Å². The molecule has 1 atom stereocenters. The summed E-state index contributed by atoms with van der Waals surface area (Å²) in [6.07, 6.45) is 5.52. The van der Waals surface area contributed by atoms with Gasteiger partial charge in [0.15, 0.2) is 0 Å². The Bertz CT molecular complexity index is 725. The van der Waals surface area contributed by atoms with Gasteiger partial charge in [0.05, 0.1) is 11.5 Å². The molecule has 26 heavy (non-hydrogen) atoms. The Hall–Kier alpha value is -2.11. The second-order valence-electron chi connectivity index (χ2n) is 7.87. The van der Waals surface area contributed by atoms with Crippen LogP contribution in [0.2, 0.25) is 0 Å². The van der Waals surface area contributed by atoms with E-state index in [-0.39, 0.29) is 5.41 Å². The molecule has 0 bridgehead atoms. The van der Waals surface area contributed by atoms with Gasteiger partial charge in [0.25, 0.3) is 0 Å². The third-order valence-corrected chi connectivity index (χ3v) is 5.78. The van der Waals surface area contributed by atoms with E-state index >= 15 is 0 Å². The van der Waals surface area contributed by atoms with E-state index < -0.39 is 0 Å². The number of hydrogen-bond donors (Lipinski definition) is 0. The molecule has 1 aliphatic rings. The minimum atomic E-state index is -0.284. The van der Waals surface area contributed by atoms with Crippen molar-refractivity contribution in [2.24, 2.45) is 5.92 Å². The molecule has 0 heterocycles. The van der Waals surface area contributed by atoms with Crippen molar-refractivity contribution in [3.63, 3.8) is 0 Å². The van der Waals surface area contributed by atoms with E-state index in [1.54, 1.807) is 0 Å². The van der Waals surface area contributed by atoms with Crippen molar-refractivity contribution in [1.29, 1.82) is 5.26 Å². The number of benzene rings is 2. The number of aryl methyl sites for hydroxylation is 1. The Morgan fingerprint density at radius 3 is 2.35 bits per heavy atom. The molecule has 2 nitrogen and oxygen atoms in total. The standard InChI is InChI=1S/C24H30N2/c1-20-9-11-22(12-10-20)24(19-25,23-13-14-23)16-6-17-26(2)18-15-21-7-4-3-5-8-21/h3-5,7-12,23H,6,13-18H2,1-2H3. The lowest BCUT2D eigenvalue weighted by Gasteiger charge is -2.28. The molecule has 0 radical (unpaired) electrons. The van der Waals surface area contributed by atoms with Gasteiger partial charge in [0.2, 0.25) is 0 Å². The minimum Gasteiger partial charge on any atom is -0.306 e. The molecular formula is C24H30N2. The SMILES string of the molecule is Cc1ccc(C(C#N)(CCCN(C)CCc2ccccc2)C2CC2)cc1. The van der Waals surface area contributed by atoms with Crippen molar-refractivity contribution in [1.82, 2.24) is 4.90 Å². The van der Waals surface area contributed by atoms with Gasteiger partial charge in [0.1, 0.15) is 0 Å². The molecule has 1 unspecified atom stereocenters. The van der Waals surface area contributed by atoms with Crippen LogP contribution in [0.1, 0.15) is 42.4 Å². The van der Waals surface area contributed by atoms with Crippen LogP contribution in [0.5, 0.6) is 0 Å². The first-order valence-corrected chi connectivity index (χ1v) is 9.85. The molecule has 1 saturated carbocycles. The number of likely N-dealkylation sites (N-methyl/N-ethyl adjacent to an activating group) is 1. The zero-order chi connectivity index (χ0) is 18.4. The summed E-state index contributed by atoms with van der Waals surface area (Å²) in [5.74, 6) is 0.546. The first-order chi connectivity index (χ1) is 12.6. The summed E-state index contributed by atoms with van der Waals surface area (Å²) in [6.45, 7) is 4.23. The first-order valence-electron chi connectivity index (χ1n) is 9.85. The molecule has 1 aliphatic carbocycles. The Labute approximate surface area is 158 Å². The molecule has 0 saturated heterocycles. The summed E-state index contributed by atoms with van der Waals surface area (Å²) in [4.78, 5) is 2.40. The zero-order valence-electron chi connectivity index (χ0n) is 16.1. The summed E-state index contributed by atoms with van der Waals surface area (Å²) in [5.41, 5.74) is 3.59. The Kier molecular flexibility index (Phi) is 6.12. The quantitative estimate of drug-likeness (QED) is 0.630. The normalized spacial score (nSPS) is 16.2. The van der Waals surface area contributed by atoms with Gasteiger partial charge < -0.3 is 4.90 Å². The molecule has 3 rings (SSSR count). The van der Waals surface area contributed by atoms with Crippen LogP contribution in [-0.4, -0.2) is 25.0 Å². The van der Waals surface area contributed by atoms with Gasteiger partial charge in [-0.05, 0) is 69.7 Å². The maximum absolute atomic E-state index is 10.1. The largest absolute Gasteiger partial charge is 0.306 e. The van der Waals surface area contributed by atoms with Crippen molar-refractivity contribution in [2.75, 3.05) is 20.1 Å². The van der Waals surface area contributed by atoms with Crippen LogP contribution in [0.25, 0.3) is 0 Å². The summed E-state index contributed by atoms with van der Waals surface area (Å²) in [7, 11) is 2.19. The molecule has 0 aromatic heterocycles. The highest BCUT2D eigenvalue weighted by Gasteiger charge is 2.46. The lowest BCUT2D eigenvalue weighted by molar-refractivity contribution is 0.308. The van der Waals surface area contributed by atoms with E-state index in [2.05, 4.69) is 79.5 Å². The second-order valence-corrected chi connectivity index (χ2v) is 7.87. The summed E-state index contributed by atoms with van der Waals surface area (Å²) in [6, 6.07) is 22.0. The molecule has 2 aromatic carbocycles. The van der Waals surface area contributed by atoms with Crippen molar-refractivity contribution >= 4 is 0 Å².